The summed E-state index contributed by atoms with van der Waals surface area (Å²) in [5.74, 6) is -0.423. The smallest absolute Gasteiger partial charge is 0.336 e. The van der Waals surface area contributed by atoms with Crippen LogP contribution in [0.25, 0.3) is 5.57 Å². The molecule has 10 heteroatoms. The summed E-state index contributed by atoms with van der Waals surface area (Å²) in [6.07, 6.45) is -6.97. The number of carbonyl (C=O) groups excluding carboxylic acids is 1. The highest BCUT2D eigenvalue weighted by Crippen LogP contribution is 2.33. The molecule has 6 N–H and O–H groups in total. The Hall–Kier alpha value is -2.99. The molecular formula is C23H24O10. The number of carbonyl (C=O) groups is 1. The number of ether oxygens (including phenoxy) is 3. The summed E-state index contributed by atoms with van der Waals surface area (Å²) >= 11 is 0. The molecule has 0 amide bonds. The van der Waals surface area contributed by atoms with Crippen LogP contribution in [0.2, 0.25) is 0 Å². The number of hydrogen-bond acceptors (Lipinski definition) is 10. The van der Waals surface area contributed by atoms with E-state index in [1.165, 1.54) is 30.3 Å². The van der Waals surface area contributed by atoms with Crippen LogP contribution in [-0.4, -0.2) is 80.0 Å². The van der Waals surface area contributed by atoms with Crippen molar-refractivity contribution in [1.29, 1.82) is 0 Å². The van der Waals surface area contributed by atoms with E-state index in [-0.39, 0.29) is 23.7 Å². The molecule has 0 aliphatic carbocycles. The summed E-state index contributed by atoms with van der Waals surface area (Å²) in [6, 6.07) is 10.5. The van der Waals surface area contributed by atoms with Gasteiger partial charge in [0.25, 0.3) is 0 Å². The topological polar surface area (TPSA) is 166 Å². The third-order valence-electron chi connectivity index (χ3n) is 5.60. The van der Waals surface area contributed by atoms with Gasteiger partial charge < -0.3 is 44.8 Å². The van der Waals surface area contributed by atoms with Crippen LogP contribution in [0.1, 0.15) is 11.1 Å². The van der Waals surface area contributed by atoms with Crippen LogP contribution in [-0.2, 0) is 16.0 Å². The molecule has 176 valence electrons. The zero-order chi connectivity index (χ0) is 23.7. The zero-order valence-electron chi connectivity index (χ0n) is 17.3. The maximum Gasteiger partial charge on any atom is 0.336 e. The third-order valence-corrected chi connectivity index (χ3v) is 5.60. The van der Waals surface area contributed by atoms with Crippen molar-refractivity contribution in [2.24, 2.45) is 0 Å². The van der Waals surface area contributed by atoms with Crippen molar-refractivity contribution in [1.82, 2.24) is 0 Å². The number of aliphatic hydroxyl groups excluding tert-OH is 5. The molecule has 0 saturated carbocycles. The minimum absolute atomic E-state index is 0.0551. The molecule has 1 fully saturated rings. The van der Waals surface area contributed by atoms with Gasteiger partial charge >= 0.3 is 5.97 Å². The summed E-state index contributed by atoms with van der Waals surface area (Å²) in [4.78, 5) is 12.5. The molecule has 6 atom stereocenters. The van der Waals surface area contributed by atoms with E-state index in [1.807, 2.05) is 0 Å². The minimum atomic E-state index is -1.60. The van der Waals surface area contributed by atoms with E-state index in [4.69, 9.17) is 14.2 Å². The molecule has 1 unspecified atom stereocenters. The van der Waals surface area contributed by atoms with Crippen LogP contribution in [0.5, 0.6) is 17.2 Å². The SMILES string of the molecule is O=C1/C=C(/c2ccc(O)cc2)C(O)Cc2ccc(O[C@@H]3O[C@H](CO)[C@@H](O)[C@H](O)[C@H]3O)cc2O1. The van der Waals surface area contributed by atoms with Crippen molar-refractivity contribution in [3.05, 3.63) is 59.7 Å². The van der Waals surface area contributed by atoms with Gasteiger partial charge in [0, 0.05) is 18.6 Å². The van der Waals surface area contributed by atoms with Crippen LogP contribution in [0, 0.1) is 0 Å². The molecule has 2 aliphatic heterocycles. The molecule has 0 bridgehead atoms. The van der Waals surface area contributed by atoms with Crippen molar-refractivity contribution >= 4 is 11.5 Å². The van der Waals surface area contributed by atoms with E-state index >= 15 is 0 Å². The van der Waals surface area contributed by atoms with E-state index in [0.29, 0.717) is 16.7 Å². The monoisotopic (exact) mass is 460 g/mol. The molecule has 0 radical (unpaired) electrons. The number of phenols is 1. The Balaban J connectivity index is 1.55. The molecule has 10 nitrogen and oxygen atoms in total. The van der Waals surface area contributed by atoms with E-state index < -0.39 is 49.4 Å². The zero-order valence-corrected chi connectivity index (χ0v) is 17.3. The molecule has 4 rings (SSSR count). The van der Waals surface area contributed by atoms with Crippen molar-refractivity contribution < 1.29 is 49.6 Å². The molecule has 0 spiro atoms. The number of esters is 1. The standard InChI is InChI=1S/C23H24O10/c24-10-18-20(28)21(29)22(30)23(33-18)31-14-6-3-12-7-16(26)15(9-19(27)32-17(12)8-14)11-1-4-13(25)5-2-11/h1-6,8-9,16,18,20-26,28-30H,7,10H2/b15-9-/t16?,18-,20-,21+,22-,23-/m1/s1. The molecule has 2 aromatic rings. The van der Waals surface area contributed by atoms with Crippen LogP contribution in [0.3, 0.4) is 0 Å². The number of aromatic hydroxyl groups is 1. The molecular weight excluding hydrogens is 436 g/mol. The van der Waals surface area contributed by atoms with Crippen LogP contribution in [0.15, 0.2) is 48.5 Å². The Kier molecular flexibility index (Phi) is 6.66. The van der Waals surface area contributed by atoms with E-state index in [1.54, 1.807) is 18.2 Å². The highest BCUT2D eigenvalue weighted by Gasteiger charge is 2.44. The second-order valence-corrected chi connectivity index (χ2v) is 7.87. The number of rotatable bonds is 4. The molecule has 0 aromatic heterocycles. The first kappa shape index (κ1) is 23.2. The Morgan fingerprint density at radius 2 is 1.70 bits per heavy atom. The summed E-state index contributed by atoms with van der Waals surface area (Å²) in [7, 11) is 0. The van der Waals surface area contributed by atoms with Crippen LogP contribution >= 0.6 is 0 Å². The van der Waals surface area contributed by atoms with Gasteiger partial charge in [0.2, 0.25) is 6.29 Å². The Morgan fingerprint density at radius 3 is 2.39 bits per heavy atom. The Bertz CT molecular complexity index is 1030. The van der Waals surface area contributed by atoms with E-state index in [0.717, 1.165) is 0 Å². The lowest BCUT2D eigenvalue weighted by Crippen LogP contribution is -2.60. The fraction of sp³-hybridized carbons (Fsp3) is 0.348. The van der Waals surface area contributed by atoms with Gasteiger partial charge in [-0.15, -0.1) is 0 Å². The van der Waals surface area contributed by atoms with Crippen molar-refractivity contribution in [2.45, 2.75) is 43.2 Å². The molecule has 2 aliphatic rings. The minimum Gasteiger partial charge on any atom is -0.508 e. The Morgan fingerprint density at radius 1 is 0.970 bits per heavy atom. The quantitative estimate of drug-likeness (QED) is 0.258. The summed E-state index contributed by atoms with van der Waals surface area (Å²) in [5.41, 5.74) is 1.41. The summed E-state index contributed by atoms with van der Waals surface area (Å²) in [6.45, 7) is -0.597. The average Bonchev–Trinajstić information content (AvgIpc) is 2.79. The second-order valence-electron chi connectivity index (χ2n) is 7.87. The second kappa shape index (κ2) is 9.48. The van der Waals surface area contributed by atoms with E-state index in [9.17, 15) is 35.4 Å². The number of hydrogen-bond donors (Lipinski definition) is 6. The van der Waals surface area contributed by atoms with Gasteiger partial charge in [-0.1, -0.05) is 18.2 Å². The van der Waals surface area contributed by atoms with Crippen molar-refractivity contribution in [2.75, 3.05) is 6.61 Å². The predicted molar refractivity (Wildman–Crippen MR) is 112 cm³/mol. The number of aliphatic hydroxyl groups is 5. The summed E-state index contributed by atoms with van der Waals surface area (Å²) in [5, 5.41) is 59.5. The lowest BCUT2D eigenvalue weighted by molar-refractivity contribution is -0.277. The largest absolute Gasteiger partial charge is 0.508 e. The fourth-order valence-electron chi connectivity index (χ4n) is 3.78. The van der Waals surface area contributed by atoms with Gasteiger partial charge in [-0.3, -0.25) is 0 Å². The van der Waals surface area contributed by atoms with Gasteiger partial charge in [0.1, 0.15) is 41.7 Å². The van der Waals surface area contributed by atoms with Gasteiger partial charge in [-0.05, 0) is 34.9 Å². The van der Waals surface area contributed by atoms with Gasteiger partial charge in [-0.2, -0.15) is 0 Å². The number of fused-ring (bicyclic) bond motifs is 1. The lowest BCUT2D eigenvalue weighted by atomic mass is 9.94. The first-order valence-electron chi connectivity index (χ1n) is 10.3. The predicted octanol–water partition coefficient (Wildman–Crippen LogP) is -0.523. The van der Waals surface area contributed by atoms with Crippen molar-refractivity contribution in [3.8, 4) is 17.2 Å². The Labute approximate surface area is 188 Å². The molecule has 2 aromatic carbocycles. The third kappa shape index (κ3) is 4.86. The molecule has 33 heavy (non-hydrogen) atoms. The van der Waals surface area contributed by atoms with Gasteiger partial charge in [-0.25, -0.2) is 4.79 Å². The highest BCUT2D eigenvalue weighted by atomic mass is 16.7. The molecule has 2 heterocycles. The summed E-state index contributed by atoms with van der Waals surface area (Å²) < 4.78 is 16.3. The first-order valence-corrected chi connectivity index (χ1v) is 10.3. The lowest BCUT2D eigenvalue weighted by Gasteiger charge is -2.39. The fourth-order valence-corrected chi connectivity index (χ4v) is 3.78. The van der Waals surface area contributed by atoms with Crippen LogP contribution < -0.4 is 9.47 Å². The maximum atomic E-state index is 12.5. The van der Waals surface area contributed by atoms with E-state index in [2.05, 4.69) is 0 Å². The van der Waals surface area contributed by atoms with Gasteiger partial charge in [0.05, 0.1) is 12.7 Å². The van der Waals surface area contributed by atoms with Crippen LogP contribution in [0.4, 0.5) is 0 Å². The van der Waals surface area contributed by atoms with Gasteiger partial charge in [0.15, 0.2) is 0 Å². The first-order chi connectivity index (χ1) is 15.8. The highest BCUT2D eigenvalue weighted by molar-refractivity contribution is 5.94. The number of phenolic OH excluding ortho intramolecular Hbond substituents is 1. The maximum absolute atomic E-state index is 12.5. The number of benzene rings is 2. The normalized spacial score (nSPS) is 31.4. The average molecular weight is 460 g/mol. The van der Waals surface area contributed by atoms with Crippen molar-refractivity contribution in [3.63, 3.8) is 0 Å². The molecule has 1 saturated heterocycles.